The molecule has 2 aromatic carbocycles. The van der Waals surface area contributed by atoms with Crippen LogP contribution in [0.15, 0.2) is 36.4 Å². The minimum Gasteiger partial charge on any atom is -0.494 e. The second-order valence-corrected chi connectivity index (χ2v) is 5.33. The fraction of sp³-hybridized carbons (Fsp3) is 0.188. The van der Waals surface area contributed by atoms with Crippen LogP contribution < -0.4 is 4.74 Å². The van der Waals surface area contributed by atoms with Crippen LogP contribution in [-0.4, -0.2) is 16.7 Å². The van der Waals surface area contributed by atoms with Gasteiger partial charge in [0, 0.05) is 12.1 Å². The molecule has 5 heteroatoms. The van der Waals surface area contributed by atoms with Gasteiger partial charge in [0.15, 0.2) is 16.3 Å². The van der Waals surface area contributed by atoms with Gasteiger partial charge in [-0.25, -0.2) is 4.39 Å². The van der Waals surface area contributed by atoms with Crippen LogP contribution in [0.4, 0.5) is 4.39 Å². The monoisotopic (exact) mass is 302 g/mol. The molecular formula is C16H15FN2OS. The Morgan fingerprint density at radius 3 is 2.76 bits per heavy atom. The highest BCUT2D eigenvalue weighted by Gasteiger charge is 2.11. The predicted molar refractivity (Wildman–Crippen MR) is 83.9 cm³/mol. The smallest absolute Gasteiger partial charge is 0.178 e. The zero-order valence-electron chi connectivity index (χ0n) is 11.8. The van der Waals surface area contributed by atoms with E-state index in [1.165, 1.54) is 24.3 Å². The van der Waals surface area contributed by atoms with Gasteiger partial charge in [-0.2, -0.15) is 0 Å². The maximum absolute atomic E-state index is 13.8. The van der Waals surface area contributed by atoms with Crippen molar-refractivity contribution in [2.75, 3.05) is 7.11 Å². The van der Waals surface area contributed by atoms with Gasteiger partial charge in [-0.3, -0.25) is 0 Å². The molecule has 0 aliphatic rings. The third-order valence-electron chi connectivity index (χ3n) is 3.64. The molecule has 0 amide bonds. The van der Waals surface area contributed by atoms with Gasteiger partial charge in [-0.1, -0.05) is 24.3 Å². The average Bonchev–Trinajstić information content (AvgIpc) is 2.75. The molecule has 0 radical (unpaired) electrons. The minimum absolute atomic E-state index is 0.218. The van der Waals surface area contributed by atoms with Crippen LogP contribution in [0.5, 0.6) is 5.75 Å². The third kappa shape index (κ3) is 2.45. The number of ether oxygens (including phenoxy) is 1. The molecule has 0 aliphatic heterocycles. The van der Waals surface area contributed by atoms with Gasteiger partial charge in [0.05, 0.1) is 24.7 Å². The molecular weight excluding hydrogens is 287 g/mol. The Hall–Kier alpha value is -2.14. The minimum atomic E-state index is -0.399. The summed E-state index contributed by atoms with van der Waals surface area (Å²) in [6.07, 6.45) is 0. The first-order valence-corrected chi connectivity index (χ1v) is 7.01. The first-order chi connectivity index (χ1) is 10.1. The summed E-state index contributed by atoms with van der Waals surface area (Å²) in [6.45, 7) is 2.70. The fourth-order valence-corrected chi connectivity index (χ4v) is 2.70. The molecule has 1 N–H and O–H groups in total. The standard InChI is InChI=1S/C16H15FN2OS/c1-10-5-3-4-6-11(10)9-19-14-8-15(20-2)12(17)7-13(14)18-16(19)21/h3-8H,9H2,1-2H3,(H,18,21). The highest BCUT2D eigenvalue weighted by atomic mass is 32.1. The molecule has 0 aliphatic carbocycles. The molecule has 1 aromatic heterocycles. The van der Waals surface area contributed by atoms with Crippen molar-refractivity contribution in [3.63, 3.8) is 0 Å². The van der Waals surface area contributed by atoms with Crippen LogP contribution >= 0.6 is 12.2 Å². The number of hydrogen-bond acceptors (Lipinski definition) is 2. The molecule has 0 atom stereocenters. The maximum atomic E-state index is 13.8. The molecule has 3 nitrogen and oxygen atoms in total. The van der Waals surface area contributed by atoms with Crippen molar-refractivity contribution in [3.8, 4) is 5.75 Å². The Kier molecular flexibility index (Phi) is 3.51. The molecule has 1 heterocycles. The number of methoxy groups -OCH3 is 1. The second kappa shape index (κ2) is 5.33. The van der Waals surface area contributed by atoms with Crippen molar-refractivity contribution in [2.45, 2.75) is 13.5 Å². The van der Waals surface area contributed by atoms with E-state index in [4.69, 9.17) is 17.0 Å². The van der Waals surface area contributed by atoms with E-state index in [0.29, 0.717) is 16.8 Å². The number of fused-ring (bicyclic) bond motifs is 1. The fourth-order valence-electron chi connectivity index (χ4n) is 2.43. The Labute approximate surface area is 127 Å². The normalized spacial score (nSPS) is 11.0. The van der Waals surface area contributed by atoms with Crippen molar-refractivity contribution in [1.82, 2.24) is 9.55 Å². The van der Waals surface area contributed by atoms with E-state index in [2.05, 4.69) is 24.0 Å². The lowest BCUT2D eigenvalue weighted by atomic mass is 10.1. The molecule has 0 saturated carbocycles. The Morgan fingerprint density at radius 2 is 2.05 bits per heavy atom. The van der Waals surface area contributed by atoms with Gasteiger partial charge >= 0.3 is 0 Å². The lowest BCUT2D eigenvalue weighted by Gasteiger charge is -2.09. The van der Waals surface area contributed by atoms with E-state index in [0.717, 1.165) is 5.52 Å². The lowest BCUT2D eigenvalue weighted by Crippen LogP contribution is -2.01. The number of rotatable bonds is 3. The van der Waals surface area contributed by atoms with Gasteiger partial charge in [-0.05, 0) is 30.3 Å². The maximum Gasteiger partial charge on any atom is 0.178 e. The molecule has 0 bridgehead atoms. The van der Waals surface area contributed by atoms with E-state index in [-0.39, 0.29) is 5.75 Å². The van der Waals surface area contributed by atoms with E-state index < -0.39 is 5.82 Å². The van der Waals surface area contributed by atoms with Crippen molar-refractivity contribution < 1.29 is 9.13 Å². The van der Waals surface area contributed by atoms with Crippen LogP contribution in [0, 0.1) is 17.5 Å². The summed E-state index contributed by atoms with van der Waals surface area (Å²) >= 11 is 5.36. The Morgan fingerprint density at radius 1 is 1.29 bits per heavy atom. The highest BCUT2D eigenvalue weighted by Crippen LogP contribution is 2.25. The van der Waals surface area contributed by atoms with E-state index in [9.17, 15) is 4.39 Å². The molecule has 0 unspecified atom stereocenters. The molecule has 108 valence electrons. The van der Waals surface area contributed by atoms with Gasteiger partial charge in [0.25, 0.3) is 0 Å². The van der Waals surface area contributed by atoms with Crippen molar-refractivity contribution >= 4 is 23.3 Å². The second-order valence-electron chi connectivity index (χ2n) is 4.95. The van der Waals surface area contributed by atoms with Crippen molar-refractivity contribution in [3.05, 3.63) is 58.1 Å². The van der Waals surface area contributed by atoms with Crippen LogP contribution in [0.3, 0.4) is 0 Å². The zero-order chi connectivity index (χ0) is 15.0. The predicted octanol–water partition coefficient (Wildman–Crippen LogP) is 4.20. The topological polar surface area (TPSA) is 29.9 Å². The van der Waals surface area contributed by atoms with Crippen molar-refractivity contribution in [2.24, 2.45) is 0 Å². The summed E-state index contributed by atoms with van der Waals surface area (Å²) in [6, 6.07) is 11.2. The number of nitrogens with zero attached hydrogens (tertiary/aromatic N) is 1. The van der Waals surface area contributed by atoms with E-state index in [1.807, 2.05) is 16.7 Å². The number of aromatic nitrogens is 2. The molecule has 0 fully saturated rings. The first-order valence-electron chi connectivity index (χ1n) is 6.60. The molecule has 21 heavy (non-hydrogen) atoms. The SMILES string of the molecule is COc1cc2c(cc1F)[nH]c(=S)n2Cc1ccccc1C. The van der Waals surface area contributed by atoms with E-state index >= 15 is 0 Å². The summed E-state index contributed by atoms with van der Waals surface area (Å²) < 4.78 is 21.3. The molecule has 0 spiro atoms. The number of aryl methyl sites for hydroxylation is 1. The summed E-state index contributed by atoms with van der Waals surface area (Å²) in [5, 5.41) is 0. The van der Waals surface area contributed by atoms with Crippen LogP contribution in [0.2, 0.25) is 0 Å². The van der Waals surface area contributed by atoms with Crippen LogP contribution in [0.25, 0.3) is 11.0 Å². The summed E-state index contributed by atoms with van der Waals surface area (Å²) in [4.78, 5) is 3.04. The van der Waals surface area contributed by atoms with Gasteiger partial charge < -0.3 is 14.3 Å². The summed E-state index contributed by atoms with van der Waals surface area (Å²) in [5.74, 6) is -0.181. The third-order valence-corrected chi connectivity index (χ3v) is 3.96. The molecule has 0 saturated heterocycles. The molecule has 3 aromatic rings. The lowest BCUT2D eigenvalue weighted by molar-refractivity contribution is 0.387. The summed E-state index contributed by atoms with van der Waals surface area (Å²) in [5.41, 5.74) is 3.88. The van der Waals surface area contributed by atoms with Gasteiger partial charge in [-0.15, -0.1) is 0 Å². The van der Waals surface area contributed by atoms with Gasteiger partial charge in [0.1, 0.15) is 0 Å². The number of hydrogen-bond donors (Lipinski definition) is 1. The number of nitrogens with one attached hydrogen (secondary N) is 1. The van der Waals surface area contributed by atoms with Crippen LogP contribution in [-0.2, 0) is 6.54 Å². The van der Waals surface area contributed by atoms with E-state index in [1.54, 1.807) is 6.07 Å². The number of imidazole rings is 1. The Bertz CT molecular complexity index is 866. The van der Waals surface area contributed by atoms with Crippen LogP contribution in [0.1, 0.15) is 11.1 Å². The Balaban J connectivity index is 2.16. The largest absolute Gasteiger partial charge is 0.494 e. The number of H-pyrrole nitrogens is 1. The molecule has 3 rings (SSSR count). The quantitative estimate of drug-likeness (QED) is 0.735. The van der Waals surface area contributed by atoms with Gasteiger partial charge in [0.2, 0.25) is 0 Å². The highest BCUT2D eigenvalue weighted by molar-refractivity contribution is 7.71. The first kappa shape index (κ1) is 13.8. The number of halogens is 1. The van der Waals surface area contributed by atoms with Crippen molar-refractivity contribution in [1.29, 1.82) is 0 Å². The zero-order valence-corrected chi connectivity index (χ0v) is 12.6. The summed E-state index contributed by atoms with van der Waals surface area (Å²) in [7, 11) is 1.46. The number of aromatic amines is 1. The number of benzene rings is 2. The average molecular weight is 302 g/mol.